The lowest BCUT2D eigenvalue weighted by molar-refractivity contribution is 0.446. The first-order chi connectivity index (χ1) is 7.07. The maximum Gasteiger partial charge on any atom is 0.100 e. The van der Waals surface area contributed by atoms with Crippen LogP contribution in [0.2, 0.25) is 0 Å². The Kier molecular flexibility index (Phi) is 3.85. The number of hydrogen-bond donors (Lipinski definition) is 1. The van der Waals surface area contributed by atoms with Crippen LogP contribution in [0, 0.1) is 28.1 Å². The molecule has 1 aromatic rings. The topological polar surface area (TPSA) is 59.6 Å². The van der Waals surface area contributed by atoms with Crippen LogP contribution >= 0.6 is 11.3 Å². The highest BCUT2D eigenvalue weighted by Gasteiger charge is 2.15. The van der Waals surface area contributed by atoms with E-state index in [0.717, 1.165) is 11.4 Å². The van der Waals surface area contributed by atoms with E-state index < -0.39 is 0 Å². The molecule has 0 aliphatic rings. The Hall–Kier alpha value is -1.36. The minimum atomic E-state index is -0.338. The van der Waals surface area contributed by atoms with E-state index in [0.29, 0.717) is 12.1 Å². The maximum atomic E-state index is 8.80. The summed E-state index contributed by atoms with van der Waals surface area (Å²) >= 11 is 1.56. The van der Waals surface area contributed by atoms with Gasteiger partial charge in [-0.15, -0.1) is 11.3 Å². The van der Waals surface area contributed by atoms with Crippen molar-refractivity contribution in [1.82, 2.24) is 5.32 Å². The third-order valence-electron chi connectivity index (χ3n) is 1.95. The van der Waals surface area contributed by atoms with Gasteiger partial charge in [0.1, 0.15) is 6.07 Å². The standard InChI is InChI=1S/C11H13N3S/c1-11(2,7-13)8-14-5-10-3-9(4-12)6-15-10/h3,6,14H,5,8H2,1-2H3. The Morgan fingerprint density at radius 3 is 2.73 bits per heavy atom. The molecule has 3 nitrogen and oxygen atoms in total. The molecule has 0 aliphatic heterocycles. The maximum absolute atomic E-state index is 8.80. The summed E-state index contributed by atoms with van der Waals surface area (Å²) < 4.78 is 0. The summed E-state index contributed by atoms with van der Waals surface area (Å²) in [6.45, 7) is 5.17. The first-order valence-electron chi connectivity index (χ1n) is 4.67. The van der Waals surface area contributed by atoms with Crippen LogP contribution < -0.4 is 5.32 Å². The Morgan fingerprint density at radius 1 is 1.47 bits per heavy atom. The molecule has 0 fully saturated rings. The lowest BCUT2D eigenvalue weighted by Crippen LogP contribution is -2.27. The van der Waals surface area contributed by atoms with E-state index in [4.69, 9.17) is 10.5 Å². The van der Waals surface area contributed by atoms with Gasteiger partial charge in [-0.3, -0.25) is 0 Å². The van der Waals surface area contributed by atoms with Crippen molar-refractivity contribution in [2.24, 2.45) is 5.41 Å². The van der Waals surface area contributed by atoms with Crippen LogP contribution in [-0.4, -0.2) is 6.54 Å². The number of hydrogen-bond acceptors (Lipinski definition) is 4. The van der Waals surface area contributed by atoms with Crippen LogP contribution in [0.5, 0.6) is 0 Å². The SMILES string of the molecule is CC(C)(C#N)CNCc1cc(C#N)cs1. The second-order valence-corrected chi connectivity index (χ2v) is 5.01. The monoisotopic (exact) mass is 219 g/mol. The van der Waals surface area contributed by atoms with Crippen LogP contribution in [0.25, 0.3) is 0 Å². The van der Waals surface area contributed by atoms with Crippen molar-refractivity contribution in [2.45, 2.75) is 20.4 Å². The van der Waals surface area contributed by atoms with E-state index >= 15 is 0 Å². The number of rotatable bonds is 4. The van der Waals surface area contributed by atoms with Gasteiger partial charge in [0.15, 0.2) is 0 Å². The van der Waals surface area contributed by atoms with E-state index in [1.165, 1.54) is 0 Å². The summed E-state index contributed by atoms with van der Waals surface area (Å²) in [5.74, 6) is 0. The van der Waals surface area contributed by atoms with E-state index in [1.54, 1.807) is 11.3 Å². The lowest BCUT2D eigenvalue weighted by atomic mass is 9.96. The number of thiophene rings is 1. The van der Waals surface area contributed by atoms with Gasteiger partial charge in [0.2, 0.25) is 0 Å². The summed E-state index contributed by atoms with van der Waals surface area (Å²) in [5.41, 5.74) is 0.367. The highest BCUT2D eigenvalue weighted by atomic mass is 32.1. The molecule has 1 aromatic heterocycles. The first-order valence-corrected chi connectivity index (χ1v) is 5.55. The fraction of sp³-hybridized carbons (Fsp3) is 0.455. The van der Waals surface area contributed by atoms with Gasteiger partial charge in [-0.1, -0.05) is 0 Å². The molecular formula is C11H13N3S. The molecule has 78 valence electrons. The largest absolute Gasteiger partial charge is 0.310 e. The molecule has 0 saturated heterocycles. The van der Waals surface area contributed by atoms with Gasteiger partial charge in [0, 0.05) is 23.3 Å². The van der Waals surface area contributed by atoms with Gasteiger partial charge < -0.3 is 5.32 Å². The molecule has 0 aromatic carbocycles. The van der Waals surface area contributed by atoms with Crippen LogP contribution in [0.15, 0.2) is 11.4 Å². The van der Waals surface area contributed by atoms with Gasteiger partial charge in [-0.05, 0) is 19.9 Å². The molecule has 0 amide bonds. The molecule has 15 heavy (non-hydrogen) atoms. The van der Waals surface area contributed by atoms with Crippen molar-refractivity contribution in [3.63, 3.8) is 0 Å². The number of nitrogens with zero attached hydrogens (tertiary/aromatic N) is 2. The third-order valence-corrected chi connectivity index (χ3v) is 2.89. The second-order valence-electron chi connectivity index (χ2n) is 4.01. The predicted octanol–water partition coefficient (Wildman–Crippen LogP) is 2.26. The Morgan fingerprint density at radius 2 is 2.20 bits per heavy atom. The Balaban J connectivity index is 2.40. The van der Waals surface area contributed by atoms with E-state index in [9.17, 15) is 0 Å². The van der Waals surface area contributed by atoms with Gasteiger partial charge in [0.05, 0.1) is 17.0 Å². The first kappa shape index (κ1) is 11.7. The highest BCUT2D eigenvalue weighted by Crippen LogP contribution is 2.15. The zero-order valence-corrected chi connectivity index (χ0v) is 9.69. The van der Waals surface area contributed by atoms with Crippen molar-refractivity contribution < 1.29 is 0 Å². The van der Waals surface area contributed by atoms with Crippen molar-refractivity contribution >= 4 is 11.3 Å². The molecule has 0 radical (unpaired) electrons. The molecule has 0 unspecified atom stereocenters. The molecule has 0 bridgehead atoms. The van der Waals surface area contributed by atoms with E-state index in [1.807, 2.05) is 25.3 Å². The average Bonchev–Trinajstić information content (AvgIpc) is 2.66. The van der Waals surface area contributed by atoms with E-state index in [2.05, 4.69) is 17.5 Å². The fourth-order valence-corrected chi connectivity index (χ4v) is 1.85. The molecule has 1 heterocycles. The molecule has 0 atom stereocenters. The minimum Gasteiger partial charge on any atom is -0.310 e. The summed E-state index contributed by atoms with van der Waals surface area (Å²) in [6.07, 6.45) is 0. The number of nitrogens with one attached hydrogen (secondary N) is 1. The Labute approximate surface area is 94.0 Å². The van der Waals surface area contributed by atoms with Gasteiger partial charge >= 0.3 is 0 Å². The van der Waals surface area contributed by atoms with Crippen LogP contribution in [0.4, 0.5) is 0 Å². The molecule has 0 spiro atoms. The third kappa shape index (κ3) is 3.71. The Bertz CT molecular complexity index is 406. The van der Waals surface area contributed by atoms with Crippen LogP contribution in [0.1, 0.15) is 24.3 Å². The van der Waals surface area contributed by atoms with Gasteiger partial charge in [-0.2, -0.15) is 10.5 Å². The summed E-state index contributed by atoms with van der Waals surface area (Å²) in [5, 5.41) is 22.5. The minimum absolute atomic E-state index is 0.338. The van der Waals surface area contributed by atoms with E-state index in [-0.39, 0.29) is 5.41 Å². The predicted molar refractivity (Wildman–Crippen MR) is 60.1 cm³/mol. The molecule has 1 N–H and O–H groups in total. The lowest BCUT2D eigenvalue weighted by Gasteiger charge is -2.15. The normalized spacial score (nSPS) is 10.7. The van der Waals surface area contributed by atoms with Crippen molar-refractivity contribution in [1.29, 1.82) is 10.5 Å². The zero-order chi connectivity index (χ0) is 11.3. The fourth-order valence-electron chi connectivity index (χ4n) is 1.07. The van der Waals surface area contributed by atoms with Gasteiger partial charge in [0.25, 0.3) is 0 Å². The smallest absolute Gasteiger partial charge is 0.100 e. The van der Waals surface area contributed by atoms with Crippen LogP contribution in [0.3, 0.4) is 0 Å². The zero-order valence-electron chi connectivity index (χ0n) is 8.87. The second kappa shape index (κ2) is 4.93. The number of nitriles is 2. The van der Waals surface area contributed by atoms with Crippen molar-refractivity contribution in [2.75, 3.05) is 6.54 Å². The molecular weight excluding hydrogens is 206 g/mol. The molecule has 0 aliphatic carbocycles. The molecule has 4 heteroatoms. The van der Waals surface area contributed by atoms with Crippen LogP contribution in [-0.2, 0) is 6.54 Å². The quantitative estimate of drug-likeness (QED) is 0.845. The molecule has 1 rings (SSSR count). The summed E-state index contributed by atoms with van der Waals surface area (Å²) in [7, 11) is 0. The van der Waals surface area contributed by atoms with Crippen molar-refractivity contribution in [3.05, 3.63) is 21.9 Å². The van der Waals surface area contributed by atoms with Gasteiger partial charge in [-0.25, -0.2) is 0 Å². The summed E-state index contributed by atoms with van der Waals surface area (Å²) in [4.78, 5) is 1.13. The van der Waals surface area contributed by atoms with Crippen molar-refractivity contribution in [3.8, 4) is 12.1 Å². The molecule has 0 saturated carbocycles. The average molecular weight is 219 g/mol. The highest BCUT2D eigenvalue weighted by molar-refractivity contribution is 7.10. The summed E-state index contributed by atoms with van der Waals surface area (Å²) in [6, 6.07) is 6.20.